The Kier molecular flexibility index (Phi) is 5.42. The summed E-state index contributed by atoms with van der Waals surface area (Å²) in [7, 11) is 0. The van der Waals surface area contributed by atoms with Gasteiger partial charge in [-0.05, 0) is 68.1 Å². The van der Waals surface area contributed by atoms with Crippen molar-refractivity contribution in [2.45, 2.75) is 26.7 Å². The van der Waals surface area contributed by atoms with Gasteiger partial charge < -0.3 is 15.5 Å². The lowest BCUT2D eigenvalue weighted by molar-refractivity contribution is 0.102. The van der Waals surface area contributed by atoms with Gasteiger partial charge in [0.25, 0.3) is 5.91 Å². The summed E-state index contributed by atoms with van der Waals surface area (Å²) in [5, 5.41) is 6.19. The van der Waals surface area contributed by atoms with E-state index in [1.54, 1.807) is 6.07 Å². The lowest BCUT2D eigenvalue weighted by atomic mass is 10.1. The van der Waals surface area contributed by atoms with Gasteiger partial charge in [0.2, 0.25) is 0 Å². The van der Waals surface area contributed by atoms with Crippen LogP contribution in [0.5, 0.6) is 0 Å². The van der Waals surface area contributed by atoms with E-state index in [1.165, 1.54) is 24.9 Å². The summed E-state index contributed by atoms with van der Waals surface area (Å²) in [5.41, 5.74) is 5.45. The molecule has 148 valence electrons. The highest BCUT2D eigenvalue weighted by molar-refractivity contribution is 6.03. The van der Waals surface area contributed by atoms with Crippen LogP contribution in [0, 0.1) is 13.8 Å². The molecule has 0 radical (unpaired) electrons. The van der Waals surface area contributed by atoms with Crippen LogP contribution in [0.4, 0.5) is 22.9 Å². The van der Waals surface area contributed by atoms with E-state index in [4.69, 9.17) is 0 Å². The van der Waals surface area contributed by atoms with Gasteiger partial charge in [0.05, 0.1) is 0 Å². The quantitative estimate of drug-likeness (QED) is 0.665. The van der Waals surface area contributed by atoms with Crippen LogP contribution >= 0.6 is 0 Å². The molecule has 1 fully saturated rings. The highest BCUT2D eigenvalue weighted by atomic mass is 16.1. The first kappa shape index (κ1) is 18.9. The predicted molar refractivity (Wildman–Crippen MR) is 117 cm³/mol. The molecule has 2 aromatic carbocycles. The molecule has 6 heteroatoms. The third-order valence-electron chi connectivity index (χ3n) is 5.36. The molecule has 1 aromatic heterocycles. The van der Waals surface area contributed by atoms with Crippen molar-refractivity contribution in [2.75, 3.05) is 28.6 Å². The normalized spacial score (nSPS) is 13.4. The van der Waals surface area contributed by atoms with E-state index in [0.717, 1.165) is 35.6 Å². The standard InChI is InChI=1S/C23H25N5O/c1-16-6-5-7-20(17(16)2)27-23(29)21-14-22(25-15-24-21)26-18-8-10-19(11-9-18)28-12-3-4-13-28/h5-11,14-15H,3-4,12-13H2,1-2H3,(H,27,29)(H,24,25,26). The van der Waals surface area contributed by atoms with E-state index in [0.29, 0.717) is 11.5 Å². The molecule has 3 aromatic rings. The first-order valence-electron chi connectivity index (χ1n) is 9.92. The average Bonchev–Trinajstić information content (AvgIpc) is 3.27. The number of nitrogens with one attached hydrogen (secondary N) is 2. The maximum Gasteiger partial charge on any atom is 0.274 e. The van der Waals surface area contributed by atoms with E-state index in [-0.39, 0.29) is 5.91 Å². The summed E-state index contributed by atoms with van der Waals surface area (Å²) in [6.07, 6.45) is 3.92. The van der Waals surface area contributed by atoms with E-state index in [1.807, 2.05) is 44.2 Å². The van der Waals surface area contributed by atoms with Crippen LogP contribution in [0.15, 0.2) is 54.9 Å². The van der Waals surface area contributed by atoms with E-state index in [9.17, 15) is 4.79 Å². The Hall–Kier alpha value is -3.41. The number of carbonyl (C=O) groups is 1. The minimum Gasteiger partial charge on any atom is -0.372 e. The van der Waals surface area contributed by atoms with Crippen molar-refractivity contribution in [1.82, 2.24) is 9.97 Å². The second-order valence-electron chi connectivity index (χ2n) is 7.36. The van der Waals surface area contributed by atoms with Gasteiger partial charge in [-0.2, -0.15) is 0 Å². The molecular formula is C23H25N5O. The number of benzene rings is 2. The summed E-state index contributed by atoms with van der Waals surface area (Å²) in [5.74, 6) is 0.327. The van der Waals surface area contributed by atoms with Crippen molar-refractivity contribution in [3.05, 3.63) is 71.7 Å². The fourth-order valence-corrected chi connectivity index (χ4v) is 3.50. The summed E-state index contributed by atoms with van der Waals surface area (Å²) >= 11 is 0. The number of carbonyl (C=O) groups excluding carboxylic acids is 1. The largest absolute Gasteiger partial charge is 0.372 e. The molecule has 1 aliphatic heterocycles. The highest BCUT2D eigenvalue weighted by Crippen LogP contribution is 2.24. The van der Waals surface area contributed by atoms with Gasteiger partial charge in [0, 0.05) is 36.2 Å². The summed E-state index contributed by atoms with van der Waals surface area (Å²) < 4.78 is 0. The minimum atomic E-state index is -0.256. The van der Waals surface area contributed by atoms with Crippen molar-refractivity contribution in [3.8, 4) is 0 Å². The Balaban J connectivity index is 1.45. The van der Waals surface area contributed by atoms with Crippen LogP contribution in [0.25, 0.3) is 0 Å². The zero-order chi connectivity index (χ0) is 20.2. The number of anilines is 4. The Morgan fingerprint density at radius 3 is 2.52 bits per heavy atom. The monoisotopic (exact) mass is 387 g/mol. The lowest BCUT2D eigenvalue weighted by Crippen LogP contribution is -2.17. The van der Waals surface area contributed by atoms with Crippen LogP contribution in [-0.4, -0.2) is 29.0 Å². The van der Waals surface area contributed by atoms with E-state index < -0.39 is 0 Å². The third-order valence-corrected chi connectivity index (χ3v) is 5.36. The molecule has 0 saturated carbocycles. The van der Waals surface area contributed by atoms with Gasteiger partial charge in [0.15, 0.2) is 0 Å². The Bertz CT molecular complexity index is 1010. The number of rotatable bonds is 5. The zero-order valence-corrected chi connectivity index (χ0v) is 16.8. The van der Waals surface area contributed by atoms with Gasteiger partial charge in [-0.15, -0.1) is 0 Å². The number of nitrogens with zero attached hydrogens (tertiary/aromatic N) is 3. The van der Waals surface area contributed by atoms with Gasteiger partial charge in [0.1, 0.15) is 17.8 Å². The number of amides is 1. The maximum absolute atomic E-state index is 12.6. The van der Waals surface area contributed by atoms with E-state index >= 15 is 0 Å². The zero-order valence-electron chi connectivity index (χ0n) is 16.8. The van der Waals surface area contributed by atoms with Crippen molar-refractivity contribution in [1.29, 1.82) is 0 Å². The molecule has 1 aliphatic rings. The average molecular weight is 387 g/mol. The number of aryl methyl sites for hydroxylation is 1. The van der Waals surface area contributed by atoms with E-state index in [2.05, 4.69) is 37.6 Å². The van der Waals surface area contributed by atoms with Crippen molar-refractivity contribution >= 4 is 28.8 Å². The first-order chi connectivity index (χ1) is 14.1. The molecule has 0 atom stereocenters. The van der Waals surface area contributed by atoms with Crippen LogP contribution in [0.2, 0.25) is 0 Å². The summed E-state index contributed by atoms with van der Waals surface area (Å²) in [6.45, 7) is 6.26. The molecule has 1 saturated heterocycles. The summed E-state index contributed by atoms with van der Waals surface area (Å²) in [6, 6.07) is 15.8. The first-order valence-corrected chi connectivity index (χ1v) is 9.92. The molecule has 4 rings (SSSR count). The van der Waals surface area contributed by atoms with Gasteiger partial charge >= 0.3 is 0 Å². The van der Waals surface area contributed by atoms with Gasteiger partial charge in [-0.3, -0.25) is 4.79 Å². The molecule has 2 heterocycles. The van der Waals surface area contributed by atoms with Crippen LogP contribution in [0.3, 0.4) is 0 Å². The molecule has 29 heavy (non-hydrogen) atoms. The molecule has 6 nitrogen and oxygen atoms in total. The van der Waals surface area contributed by atoms with Crippen molar-refractivity contribution in [2.24, 2.45) is 0 Å². The SMILES string of the molecule is Cc1cccc(NC(=O)c2cc(Nc3ccc(N4CCCC4)cc3)ncn2)c1C. The predicted octanol–water partition coefficient (Wildman–Crippen LogP) is 4.69. The fourth-order valence-electron chi connectivity index (χ4n) is 3.50. The molecule has 1 amide bonds. The number of hydrogen-bond donors (Lipinski definition) is 2. The third kappa shape index (κ3) is 4.37. The van der Waals surface area contributed by atoms with Gasteiger partial charge in [-0.1, -0.05) is 12.1 Å². The second-order valence-corrected chi connectivity index (χ2v) is 7.36. The molecular weight excluding hydrogens is 362 g/mol. The van der Waals surface area contributed by atoms with Crippen LogP contribution in [-0.2, 0) is 0 Å². The van der Waals surface area contributed by atoms with Crippen molar-refractivity contribution < 1.29 is 4.79 Å². The molecule has 0 aliphatic carbocycles. The fraction of sp³-hybridized carbons (Fsp3) is 0.261. The van der Waals surface area contributed by atoms with Crippen molar-refractivity contribution in [3.63, 3.8) is 0 Å². The lowest BCUT2D eigenvalue weighted by Gasteiger charge is -2.18. The Labute approximate surface area is 171 Å². The molecule has 0 bridgehead atoms. The Morgan fingerprint density at radius 1 is 1.00 bits per heavy atom. The molecule has 0 spiro atoms. The Morgan fingerprint density at radius 2 is 1.76 bits per heavy atom. The maximum atomic E-state index is 12.6. The topological polar surface area (TPSA) is 70.2 Å². The highest BCUT2D eigenvalue weighted by Gasteiger charge is 2.13. The molecule has 0 unspecified atom stereocenters. The molecule has 2 N–H and O–H groups in total. The number of aromatic nitrogens is 2. The van der Waals surface area contributed by atoms with Gasteiger partial charge in [-0.25, -0.2) is 9.97 Å². The smallest absolute Gasteiger partial charge is 0.274 e. The summed E-state index contributed by atoms with van der Waals surface area (Å²) in [4.78, 5) is 23.4. The second kappa shape index (κ2) is 8.31. The van der Waals surface area contributed by atoms with Crippen LogP contribution in [0.1, 0.15) is 34.5 Å². The minimum absolute atomic E-state index is 0.256. The number of hydrogen-bond acceptors (Lipinski definition) is 5. The van der Waals surface area contributed by atoms with Crippen LogP contribution < -0.4 is 15.5 Å².